The fourth-order valence-electron chi connectivity index (χ4n) is 2.96. The Morgan fingerprint density at radius 2 is 2.20 bits per heavy atom. The summed E-state index contributed by atoms with van der Waals surface area (Å²) in [5.41, 5.74) is 2.16. The zero-order chi connectivity index (χ0) is 18.1. The molecule has 3 rings (SSSR count). The summed E-state index contributed by atoms with van der Waals surface area (Å²) in [5.74, 6) is -0.0308. The van der Waals surface area contributed by atoms with Crippen LogP contribution in [0.1, 0.15) is 6.92 Å². The lowest BCUT2D eigenvalue weighted by atomic mass is 9.86. The highest BCUT2D eigenvalue weighted by Crippen LogP contribution is 2.43. The molecular weight excluding hydrogens is 334 g/mol. The Labute approximate surface area is 152 Å². The Morgan fingerprint density at radius 1 is 1.44 bits per heavy atom. The molecule has 2 aliphatic heterocycles. The van der Waals surface area contributed by atoms with E-state index >= 15 is 0 Å². The van der Waals surface area contributed by atoms with Gasteiger partial charge in [-0.15, -0.1) is 0 Å². The predicted molar refractivity (Wildman–Crippen MR) is 100 cm³/mol. The molecule has 3 aliphatic rings. The van der Waals surface area contributed by atoms with E-state index in [-0.39, 0.29) is 17.9 Å². The number of amides is 1. The van der Waals surface area contributed by atoms with Crippen molar-refractivity contribution < 1.29 is 4.79 Å². The first kappa shape index (κ1) is 17.5. The Kier molecular flexibility index (Phi) is 4.84. The molecule has 1 aliphatic carbocycles. The Morgan fingerprint density at radius 3 is 2.84 bits per heavy atom. The molecule has 0 aromatic heterocycles. The van der Waals surface area contributed by atoms with Crippen LogP contribution < -0.4 is 5.32 Å². The SMILES string of the molecule is C=C1NC2=CC=C3SC(N(CCN(C)C)C(C)=O)=NC3C2C=C1C#N. The number of thioether (sulfide) groups is 1. The Balaban J connectivity index is 1.88. The molecule has 1 amide bonds. The van der Waals surface area contributed by atoms with E-state index in [9.17, 15) is 10.1 Å². The van der Waals surface area contributed by atoms with Crippen LogP contribution in [0.4, 0.5) is 0 Å². The second-order valence-electron chi connectivity index (χ2n) is 6.45. The van der Waals surface area contributed by atoms with E-state index in [1.54, 1.807) is 11.8 Å². The topological polar surface area (TPSA) is 71.7 Å². The van der Waals surface area contributed by atoms with Crippen molar-refractivity contribution in [2.75, 3.05) is 27.2 Å². The van der Waals surface area contributed by atoms with Crippen LogP contribution in [0.3, 0.4) is 0 Å². The molecule has 0 saturated carbocycles. The molecule has 7 heteroatoms. The number of hydrogen-bond donors (Lipinski definition) is 1. The van der Waals surface area contributed by atoms with Gasteiger partial charge >= 0.3 is 0 Å². The summed E-state index contributed by atoms with van der Waals surface area (Å²) in [6, 6.07) is 2.09. The summed E-state index contributed by atoms with van der Waals surface area (Å²) in [6.07, 6.45) is 5.97. The molecular formula is C18H21N5OS. The molecule has 0 radical (unpaired) electrons. The summed E-state index contributed by atoms with van der Waals surface area (Å²) in [5, 5.41) is 13.2. The van der Waals surface area contributed by atoms with Gasteiger partial charge in [-0.05, 0) is 26.2 Å². The normalized spacial score (nSPS) is 24.2. The first-order valence-electron chi connectivity index (χ1n) is 8.09. The van der Waals surface area contributed by atoms with E-state index in [0.717, 1.165) is 22.3 Å². The van der Waals surface area contributed by atoms with Crippen LogP contribution in [-0.4, -0.2) is 54.1 Å². The van der Waals surface area contributed by atoms with Crippen molar-refractivity contribution in [1.29, 1.82) is 5.26 Å². The van der Waals surface area contributed by atoms with Crippen molar-refractivity contribution in [2.24, 2.45) is 10.9 Å². The molecule has 2 unspecified atom stereocenters. The van der Waals surface area contributed by atoms with Gasteiger partial charge in [0.05, 0.1) is 11.6 Å². The zero-order valence-corrected chi connectivity index (χ0v) is 15.4. The average Bonchev–Trinajstić information content (AvgIpc) is 2.97. The van der Waals surface area contributed by atoms with E-state index in [2.05, 4.69) is 18.0 Å². The molecule has 2 atom stereocenters. The minimum absolute atomic E-state index is 0.0102. The third-order valence-corrected chi connectivity index (χ3v) is 5.47. The number of hydrogen-bond acceptors (Lipinski definition) is 6. The van der Waals surface area contributed by atoms with Gasteiger partial charge < -0.3 is 10.2 Å². The highest BCUT2D eigenvalue weighted by molar-refractivity contribution is 8.17. The van der Waals surface area contributed by atoms with Crippen molar-refractivity contribution >= 4 is 22.8 Å². The number of carbonyl (C=O) groups is 1. The number of aliphatic imine (C=N–C) groups is 1. The highest BCUT2D eigenvalue weighted by Gasteiger charge is 2.38. The van der Waals surface area contributed by atoms with Crippen molar-refractivity contribution in [3.63, 3.8) is 0 Å². The predicted octanol–water partition coefficient (Wildman–Crippen LogP) is 1.83. The van der Waals surface area contributed by atoms with Gasteiger partial charge in [0.15, 0.2) is 5.17 Å². The lowest BCUT2D eigenvalue weighted by molar-refractivity contribution is -0.125. The lowest BCUT2D eigenvalue weighted by Crippen LogP contribution is -2.38. The number of nitrogens with zero attached hydrogens (tertiary/aromatic N) is 4. The third kappa shape index (κ3) is 3.41. The Hall–Kier alpha value is -2.30. The maximum atomic E-state index is 12.1. The van der Waals surface area contributed by atoms with Crippen molar-refractivity contribution in [2.45, 2.75) is 13.0 Å². The van der Waals surface area contributed by atoms with Gasteiger partial charge in [-0.25, -0.2) is 0 Å². The molecule has 2 heterocycles. The number of fused-ring (bicyclic) bond motifs is 3. The first-order valence-corrected chi connectivity index (χ1v) is 8.91. The summed E-state index contributed by atoms with van der Waals surface area (Å²) in [4.78, 5) is 21.8. The second-order valence-corrected chi connectivity index (χ2v) is 7.49. The molecule has 1 N–H and O–H groups in total. The summed E-state index contributed by atoms with van der Waals surface area (Å²) >= 11 is 1.54. The first-order chi connectivity index (χ1) is 11.9. The van der Waals surface area contributed by atoms with Crippen LogP contribution in [0.25, 0.3) is 0 Å². The molecule has 0 aromatic rings. The maximum absolute atomic E-state index is 12.1. The van der Waals surface area contributed by atoms with Crippen molar-refractivity contribution in [3.8, 4) is 6.07 Å². The summed E-state index contributed by atoms with van der Waals surface area (Å²) < 4.78 is 0. The molecule has 0 saturated heterocycles. The monoisotopic (exact) mass is 355 g/mol. The largest absolute Gasteiger partial charge is 0.358 e. The van der Waals surface area contributed by atoms with Crippen LogP contribution in [0.5, 0.6) is 0 Å². The molecule has 0 aromatic carbocycles. The fraction of sp³-hybridized carbons (Fsp3) is 0.389. The smallest absolute Gasteiger partial charge is 0.225 e. The number of carbonyl (C=O) groups excluding carboxylic acids is 1. The van der Waals surface area contributed by atoms with Crippen LogP contribution in [-0.2, 0) is 4.79 Å². The van der Waals surface area contributed by atoms with Crippen molar-refractivity contribution in [1.82, 2.24) is 15.1 Å². The number of amidine groups is 1. The van der Waals surface area contributed by atoms with Gasteiger partial charge in [-0.1, -0.05) is 24.4 Å². The van der Waals surface area contributed by atoms with E-state index in [0.29, 0.717) is 17.8 Å². The van der Waals surface area contributed by atoms with E-state index < -0.39 is 0 Å². The molecule has 0 spiro atoms. The van der Waals surface area contributed by atoms with Gasteiger partial charge in [-0.2, -0.15) is 5.26 Å². The molecule has 25 heavy (non-hydrogen) atoms. The molecule has 0 bridgehead atoms. The summed E-state index contributed by atoms with van der Waals surface area (Å²) in [7, 11) is 3.96. The number of nitrogens with one attached hydrogen (secondary N) is 1. The minimum atomic E-state index is -0.0924. The number of likely N-dealkylation sites (N-methyl/N-ethyl adjacent to an activating group) is 1. The van der Waals surface area contributed by atoms with E-state index in [1.165, 1.54) is 11.8 Å². The van der Waals surface area contributed by atoms with Gasteiger partial charge in [0, 0.05) is 42.2 Å². The lowest BCUT2D eigenvalue weighted by Gasteiger charge is -2.30. The van der Waals surface area contributed by atoms with Crippen LogP contribution in [0.2, 0.25) is 0 Å². The minimum Gasteiger partial charge on any atom is -0.358 e. The van der Waals surface area contributed by atoms with Gasteiger partial charge in [0.1, 0.15) is 6.07 Å². The van der Waals surface area contributed by atoms with E-state index in [4.69, 9.17) is 4.99 Å². The number of rotatable bonds is 3. The fourth-order valence-corrected chi connectivity index (χ4v) is 4.13. The number of allylic oxidation sites excluding steroid dienone is 3. The van der Waals surface area contributed by atoms with Crippen LogP contribution in [0, 0.1) is 17.2 Å². The second kappa shape index (κ2) is 6.90. The van der Waals surface area contributed by atoms with Gasteiger partial charge in [0.25, 0.3) is 0 Å². The van der Waals surface area contributed by atoms with Crippen molar-refractivity contribution in [3.05, 3.63) is 46.7 Å². The number of nitriles is 1. The zero-order valence-electron chi connectivity index (χ0n) is 14.6. The quantitative estimate of drug-likeness (QED) is 0.836. The van der Waals surface area contributed by atoms with Crippen LogP contribution >= 0.6 is 11.8 Å². The molecule has 130 valence electrons. The van der Waals surface area contributed by atoms with Gasteiger partial charge in [0.2, 0.25) is 5.91 Å². The third-order valence-electron chi connectivity index (χ3n) is 4.35. The average molecular weight is 355 g/mol. The maximum Gasteiger partial charge on any atom is 0.225 e. The molecule has 6 nitrogen and oxygen atoms in total. The molecule has 0 fully saturated rings. The Bertz CT molecular complexity index is 784. The standard InChI is InChI=1S/C18H21N5OS/c1-11-13(10-19)9-14-15(20-11)5-6-16-17(14)21-18(25-16)23(12(2)24)8-7-22(3)4/h5-6,9,14,17,20H,1,7-8H2,2-4H3. The van der Waals surface area contributed by atoms with E-state index in [1.807, 2.05) is 37.2 Å². The van der Waals surface area contributed by atoms with Crippen LogP contribution in [0.15, 0.2) is 51.7 Å². The van der Waals surface area contributed by atoms with Gasteiger partial charge in [-0.3, -0.25) is 14.7 Å². The summed E-state index contributed by atoms with van der Waals surface area (Å²) in [6.45, 7) is 6.83. The highest BCUT2D eigenvalue weighted by atomic mass is 32.2.